The van der Waals surface area contributed by atoms with E-state index in [1.54, 1.807) is 11.9 Å². The molecule has 0 N–H and O–H groups in total. The van der Waals surface area contributed by atoms with Crippen molar-refractivity contribution in [3.63, 3.8) is 0 Å². The summed E-state index contributed by atoms with van der Waals surface area (Å²) in [6.45, 7) is 7.08. The number of furan rings is 1. The molecule has 118 valence electrons. The first-order chi connectivity index (χ1) is 10.5. The summed E-state index contributed by atoms with van der Waals surface area (Å²) in [7, 11) is 1.80. The van der Waals surface area contributed by atoms with E-state index < -0.39 is 0 Å². The van der Waals surface area contributed by atoms with Gasteiger partial charge in [0, 0.05) is 20.1 Å². The van der Waals surface area contributed by atoms with Crippen LogP contribution in [0, 0.1) is 13.8 Å². The van der Waals surface area contributed by atoms with Gasteiger partial charge in [0.1, 0.15) is 23.2 Å². The van der Waals surface area contributed by atoms with Crippen molar-refractivity contribution in [3.8, 4) is 0 Å². The molecule has 3 rings (SSSR count). The molecule has 1 aliphatic heterocycles. The Bertz CT molecular complexity index is 675. The molecule has 0 saturated carbocycles. The number of amides is 1. The number of likely N-dealkylation sites (N-methyl/N-ethyl adjacent to an activating group) is 1. The normalized spacial score (nSPS) is 14.9. The van der Waals surface area contributed by atoms with Gasteiger partial charge in [-0.3, -0.25) is 9.69 Å². The molecule has 0 aromatic carbocycles. The molecule has 0 atom stereocenters. The maximum Gasteiger partial charge on any atom is 0.236 e. The molecule has 0 fully saturated rings. The molecule has 0 saturated heterocycles. The standard InChI is InChI=1S/C15H21N5O2/c1-11-4-5-13(22-11)8-18(3)15(21)10-19-6-7-20-12(2)16-17-14(20)9-19/h4-5H,6-10H2,1-3H3. The minimum atomic E-state index is 0.0822. The summed E-state index contributed by atoms with van der Waals surface area (Å²) in [5.74, 6) is 3.62. The van der Waals surface area contributed by atoms with Crippen LogP contribution >= 0.6 is 0 Å². The van der Waals surface area contributed by atoms with E-state index in [1.165, 1.54) is 0 Å². The summed E-state index contributed by atoms with van der Waals surface area (Å²) < 4.78 is 7.62. The molecule has 0 aliphatic carbocycles. The Morgan fingerprint density at radius 1 is 1.32 bits per heavy atom. The number of hydrogen-bond donors (Lipinski definition) is 0. The van der Waals surface area contributed by atoms with Crippen LogP contribution in [-0.2, 0) is 24.4 Å². The fourth-order valence-electron chi connectivity index (χ4n) is 2.69. The van der Waals surface area contributed by atoms with Crippen LogP contribution in [0.1, 0.15) is 23.2 Å². The fourth-order valence-corrected chi connectivity index (χ4v) is 2.69. The second-order valence-corrected chi connectivity index (χ2v) is 5.79. The molecule has 1 aliphatic rings. The average Bonchev–Trinajstić information content (AvgIpc) is 3.05. The third-order valence-electron chi connectivity index (χ3n) is 3.99. The average molecular weight is 303 g/mol. The maximum atomic E-state index is 12.3. The highest BCUT2D eigenvalue weighted by Crippen LogP contribution is 2.13. The number of hydrogen-bond acceptors (Lipinski definition) is 5. The summed E-state index contributed by atoms with van der Waals surface area (Å²) in [5.41, 5.74) is 0. The van der Waals surface area contributed by atoms with Gasteiger partial charge in [0.05, 0.1) is 19.6 Å². The van der Waals surface area contributed by atoms with E-state index in [0.29, 0.717) is 19.6 Å². The lowest BCUT2D eigenvalue weighted by Gasteiger charge is -2.28. The third kappa shape index (κ3) is 3.04. The number of rotatable bonds is 4. The maximum absolute atomic E-state index is 12.3. The molecular weight excluding hydrogens is 282 g/mol. The SMILES string of the molecule is Cc1ccc(CN(C)C(=O)CN2CCn3c(C)nnc3C2)o1. The van der Waals surface area contributed by atoms with Gasteiger partial charge in [-0.25, -0.2) is 0 Å². The van der Waals surface area contributed by atoms with Crippen molar-refractivity contribution in [3.05, 3.63) is 35.3 Å². The van der Waals surface area contributed by atoms with E-state index in [0.717, 1.165) is 36.3 Å². The van der Waals surface area contributed by atoms with E-state index >= 15 is 0 Å². The Morgan fingerprint density at radius 2 is 2.14 bits per heavy atom. The Morgan fingerprint density at radius 3 is 2.86 bits per heavy atom. The molecule has 2 aromatic rings. The van der Waals surface area contributed by atoms with Crippen molar-refractivity contribution < 1.29 is 9.21 Å². The number of carbonyl (C=O) groups excluding carboxylic acids is 1. The molecular formula is C15H21N5O2. The second kappa shape index (κ2) is 5.92. The Hall–Kier alpha value is -2.15. The van der Waals surface area contributed by atoms with Gasteiger partial charge in [0.2, 0.25) is 5.91 Å². The molecule has 0 radical (unpaired) electrons. The smallest absolute Gasteiger partial charge is 0.236 e. The highest BCUT2D eigenvalue weighted by Gasteiger charge is 2.22. The number of fused-ring (bicyclic) bond motifs is 1. The Balaban J connectivity index is 1.55. The minimum absolute atomic E-state index is 0.0822. The molecule has 7 heteroatoms. The molecule has 3 heterocycles. The Kier molecular flexibility index (Phi) is 3.98. The molecule has 0 bridgehead atoms. The molecule has 0 spiro atoms. The Labute approximate surface area is 129 Å². The van der Waals surface area contributed by atoms with Crippen molar-refractivity contribution in [1.82, 2.24) is 24.6 Å². The van der Waals surface area contributed by atoms with E-state index in [4.69, 9.17) is 4.42 Å². The lowest BCUT2D eigenvalue weighted by Crippen LogP contribution is -2.42. The third-order valence-corrected chi connectivity index (χ3v) is 3.99. The molecule has 2 aromatic heterocycles. The zero-order valence-electron chi connectivity index (χ0n) is 13.2. The van der Waals surface area contributed by atoms with E-state index in [2.05, 4.69) is 19.7 Å². The molecule has 1 amide bonds. The summed E-state index contributed by atoms with van der Waals surface area (Å²) in [5, 5.41) is 8.24. The van der Waals surface area contributed by atoms with Crippen molar-refractivity contribution in [1.29, 1.82) is 0 Å². The van der Waals surface area contributed by atoms with Crippen LogP contribution in [0.2, 0.25) is 0 Å². The highest BCUT2D eigenvalue weighted by molar-refractivity contribution is 5.77. The van der Waals surface area contributed by atoms with Crippen LogP contribution in [-0.4, -0.2) is 50.6 Å². The van der Waals surface area contributed by atoms with Crippen LogP contribution < -0.4 is 0 Å². The number of nitrogens with zero attached hydrogens (tertiary/aromatic N) is 5. The summed E-state index contributed by atoms with van der Waals surface area (Å²) in [6, 6.07) is 3.82. The van der Waals surface area contributed by atoms with Gasteiger partial charge >= 0.3 is 0 Å². The van der Waals surface area contributed by atoms with Gasteiger partial charge in [-0.2, -0.15) is 0 Å². The number of aryl methyl sites for hydroxylation is 2. The van der Waals surface area contributed by atoms with Gasteiger partial charge in [-0.1, -0.05) is 0 Å². The summed E-state index contributed by atoms with van der Waals surface area (Å²) in [6.07, 6.45) is 0. The van der Waals surface area contributed by atoms with Crippen LogP contribution in [0.3, 0.4) is 0 Å². The zero-order valence-corrected chi connectivity index (χ0v) is 13.2. The van der Waals surface area contributed by atoms with Crippen LogP contribution in [0.4, 0.5) is 0 Å². The lowest BCUT2D eigenvalue weighted by molar-refractivity contribution is -0.132. The van der Waals surface area contributed by atoms with Crippen LogP contribution in [0.25, 0.3) is 0 Å². The van der Waals surface area contributed by atoms with Gasteiger partial charge in [-0.15, -0.1) is 10.2 Å². The fraction of sp³-hybridized carbons (Fsp3) is 0.533. The van der Waals surface area contributed by atoms with Crippen molar-refractivity contribution in [2.24, 2.45) is 0 Å². The summed E-state index contributed by atoms with van der Waals surface area (Å²) in [4.78, 5) is 16.1. The van der Waals surface area contributed by atoms with E-state index in [-0.39, 0.29) is 5.91 Å². The molecule has 7 nitrogen and oxygen atoms in total. The highest BCUT2D eigenvalue weighted by atomic mass is 16.3. The van der Waals surface area contributed by atoms with Crippen molar-refractivity contribution >= 4 is 5.91 Å². The van der Waals surface area contributed by atoms with Gasteiger partial charge in [0.25, 0.3) is 0 Å². The quantitative estimate of drug-likeness (QED) is 0.841. The van der Waals surface area contributed by atoms with E-state index in [9.17, 15) is 4.79 Å². The number of aromatic nitrogens is 3. The van der Waals surface area contributed by atoms with Crippen molar-refractivity contribution in [2.75, 3.05) is 20.1 Å². The van der Waals surface area contributed by atoms with Gasteiger partial charge in [-0.05, 0) is 26.0 Å². The first-order valence-electron chi connectivity index (χ1n) is 7.43. The largest absolute Gasteiger partial charge is 0.464 e. The van der Waals surface area contributed by atoms with Crippen LogP contribution in [0.5, 0.6) is 0 Å². The van der Waals surface area contributed by atoms with Gasteiger partial charge in [0.15, 0.2) is 0 Å². The predicted molar refractivity (Wildman–Crippen MR) is 80.0 cm³/mol. The van der Waals surface area contributed by atoms with Crippen LogP contribution in [0.15, 0.2) is 16.5 Å². The molecule has 0 unspecified atom stereocenters. The summed E-state index contributed by atoms with van der Waals surface area (Å²) >= 11 is 0. The predicted octanol–water partition coefficient (Wildman–Crippen LogP) is 0.962. The topological polar surface area (TPSA) is 67.4 Å². The number of carbonyl (C=O) groups is 1. The second-order valence-electron chi connectivity index (χ2n) is 5.79. The zero-order chi connectivity index (χ0) is 15.7. The molecule has 22 heavy (non-hydrogen) atoms. The van der Waals surface area contributed by atoms with E-state index in [1.807, 2.05) is 26.0 Å². The monoisotopic (exact) mass is 303 g/mol. The minimum Gasteiger partial charge on any atom is -0.464 e. The lowest BCUT2D eigenvalue weighted by atomic mass is 10.3. The first-order valence-corrected chi connectivity index (χ1v) is 7.43. The van der Waals surface area contributed by atoms with Gasteiger partial charge < -0.3 is 13.9 Å². The van der Waals surface area contributed by atoms with Crippen molar-refractivity contribution in [2.45, 2.75) is 33.5 Å². The first kappa shape index (κ1) is 14.8.